The standard InChI is InChI=1S/C20H23N5O/c1-15-6-8-17(9-7-15)16(2)24(3)20(26)23-13-18-5-4-10-22-19(18)25-12-11-21-14-25/h4-12,14,16H,13H2,1-3H3,(H,23,26). The fraction of sp³-hybridized carbons (Fsp3) is 0.250. The second kappa shape index (κ2) is 7.82. The molecule has 3 aromatic rings. The number of carbonyl (C=O) groups excluding carboxylic acids is 1. The minimum atomic E-state index is -0.126. The summed E-state index contributed by atoms with van der Waals surface area (Å²) >= 11 is 0. The van der Waals surface area contributed by atoms with Gasteiger partial charge in [-0.3, -0.25) is 4.57 Å². The topological polar surface area (TPSA) is 63.1 Å². The quantitative estimate of drug-likeness (QED) is 0.767. The largest absolute Gasteiger partial charge is 0.334 e. The van der Waals surface area contributed by atoms with E-state index in [0.717, 1.165) is 16.9 Å². The van der Waals surface area contributed by atoms with E-state index in [1.807, 2.05) is 29.8 Å². The summed E-state index contributed by atoms with van der Waals surface area (Å²) in [5, 5.41) is 2.98. The van der Waals surface area contributed by atoms with E-state index in [1.54, 1.807) is 30.7 Å². The summed E-state index contributed by atoms with van der Waals surface area (Å²) in [6.45, 7) is 4.47. The number of nitrogens with one attached hydrogen (secondary N) is 1. The van der Waals surface area contributed by atoms with Crippen LogP contribution in [0, 0.1) is 6.92 Å². The van der Waals surface area contributed by atoms with Crippen molar-refractivity contribution >= 4 is 6.03 Å². The molecule has 0 spiro atoms. The van der Waals surface area contributed by atoms with Crippen LogP contribution in [0.1, 0.15) is 29.7 Å². The highest BCUT2D eigenvalue weighted by Crippen LogP contribution is 2.19. The molecule has 2 aromatic heterocycles. The third kappa shape index (κ3) is 3.91. The number of carbonyl (C=O) groups is 1. The lowest BCUT2D eigenvalue weighted by Crippen LogP contribution is -2.38. The molecule has 0 aliphatic rings. The highest BCUT2D eigenvalue weighted by molar-refractivity contribution is 5.74. The molecule has 0 radical (unpaired) electrons. The highest BCUT2D eigenvalue weighted by atomic mass is 16.2. The van der Waals surface area contributed by atoms with Crippen molar-refractivity contribution in [2.75, 3.05) is 7.05 Å². The third-order valence-corrected chi connectivity index (χ3v) is 4.51. The van der Waals surface area contributed by atoms with Crippen LogP contribution in [0.5, 0.6) is 0 Å². The molecule has 6 nitrogen and oxygen atoms in total. The maximum atomic E-state index is 12.6. The van der Waals surface area contributed by atoms with Crippen LogP contribution in [0.3, 0.4) is 0 Å². The molecule has 1 aromatic carbocycles. The Labute approximate surface area is 153 Å². The molecule has 0 saturated carbocycles. The van der Waals surface area contributed by atoms with Gasteiger partial charge in [0.15, 0.2) is 0 Å². The zero-order valence-electron chi connectivity index (χ0n) is 15.3. The van der Waals surface area contributed by atoms with Crippen molar-refractivity contribution in [1.82, 2.24) is 24.8 Å². The van der Waals surface area contributed by atoms with Gasteiger partial charge in [-0.05, 0) is 25.5 Å². The van der Waals surface area contributed by atoms with Gasteiger partial charge < -0.3 is 10.2 Å². The summed E-state index contributed by atoms with van der Waals surface area (Å²) in [5.74, 6) is 0.763. The van der Waals surface area contributed by atoms with Gasteiger partial charge in [0.25, 0.3) is 0 Å². The molecule has 26 heavy (non-hydrogen) atoms. The van der Waals surface area contributed by atoms with Gasteiger partial charge in [0.05, 0.1) is 6.04 Å². The third-order valence-electron chi connectivity index (χ3n) is 4.51. The smallest absolute Gasteiger partial charge is 0.317 e. The number of rotatable bonds is 5. The lowest BCUT2D eigenvalue weighted by Gasteiger charge is -2.26. The van der Waals surface area contributed by atoms with Crippen LogP contribution in [0.4, 0.5) is 4.79 Å². The van der Waals surface area contributed by atoms with Crippen molar-refractivity contribution in [2.45, 2.75) is 26.4 Å². The van der Waals surface area contributed by atoms with E-state index in [9.17, 15) is 4.79 Å². The van der Waals surface area contributed by atoms with Crippen molar-refractivity contribution in [3.63, 3.8) is 0 Å². The summed E-state index contributed by atoms with van der Waals surface area (Å²) in [4.78, 5) is 22.7. The molecule has 0 fully saturated rings. The van der Waals surface area contributed by atoms with Gasteiger partial charge in [-0.1, -0.05) is 35.9 Å². The van der Waals surface area contributed by atoms with Crippen molar-refractivity contribution in [3.05, 3.63) is 78.0 Å². The molecule has 0 saturated heterocycles. The number of hydrogen-bond donors (Lipinski definition) is 1. The van der Waals surface area contributed by atoms with E-state index in [2.05, 4.69) is 46.5 Å². The predicted octanol–water partition coefficient (Wildman–Crippen LogP) is 3.48. The van der Waals surface area contributed by atoms with Gasteiger partial charge in [0, 0.05) is 37.7 Å². The first-order chi connectivity index (χ1) is 12.6. The summed E-state index contributed by atoms with van der Waals surface area (Å²) in [6, 6.07) is 11.9. The van der Waals surface area contributed by atoms with Crippen molar-refractivity contribution < 1.29 is 4.79 Å². The first kappa shape index (κ1) is 17.7. The Hall–Kier alpha value is -3.15. The van der Waals surface area contributed by atoms with Gasteiger partial charge in [0.1, 0.15) is 12.1 Å². The maximum absolute atomic E-state index is 12.6. The van der Waals surface area contributed by atoms with E-state index in [4.69, 9.17) is 0 Å². The van der Waals surface area contributed by atoms with Crippen LogP contribution >= 0.6 is 0 Å². The fourth-order valence-corrected chi connectivity index (χ4v) is 2.73. The average Bonchev–Trinajstić information content (AvgIpc) is 3.20. The van der Waals surface area contributed by atoms with Crippen molar-refractivity contribution in [1.29, 1.82) is 0 Å². The Kier molecular flexibility index (Phi) is 5.31. The average molecular weight is 349 g/mol. The van der Waals surface area contributed by atoms with Crippen LogP contribution in [-0.4, -0.2) is 32.5 Å². The van der Waals surface area contributed by atoms with Crippen molar-refractivity contribution in [3.8, 4) is 5.82 Å². The van der Waals surface area contributed by atoms with E-state index in [-0.39, 0.29) is 12.1 Å². The summed E-state index contributed by atoms with van der Waals surface area (Å²) < 4.78 is 1.83. The van der Waals surface area contributed by atoms with Crippen LogP contribution in [0.25, 0.3) is 5.82 Å². The van der Waals surface area contributed by atoms with Gasteiger partial charge in [-0.2, -0.15) is 0 Å². The van der Waals surface area contributed by atoms with E-state index in [0.29, 0.717) is 6.54 Å². The number of aromatic nitrogens is 3. The lowest BCUT2D eigenvalue weighted by atomic mass is 10.1. The summed E-state index contributed by atoms with van der Waals surface area (Å²) in [6.07, 6.45) is 6.96. The minimum Gasteiger partial charge on any atom is -0.334 e. The summed E-state index contributed by atoms with van der Waals surface area (Å²) in [7, 11) is 1.81. The number of nitrogens with zero attached hydrogens (tertiary/aromatic N) is 4. The number of pyridine rings is 1. The number of amides is 2. The van der Waals surface area contributed by atoms with E-state index < -0.39 is 0 Å². The molecular formula is C20H23N5O. The Morgan fingerprint density at radius 3 is 2.69 bits per heavy atom. The van der Waals surface area contributed by atoms with Crippen LogP contribution < -0.4 is 5.32 Å². The molecule has 0 aliphatic heterocycles. The number of urea groups is 1. The molecule has 1 atom stereocenters. The van der Waals surface area contributed by atoms with Crippen molar-refractivity contribution in [2.24, 2.45) is 0 Å². The molecule has 1 unspecified atom stereocenters. The normalized spacial score (nSPS) is 11.8. The Bertz CT molecular complexity index is 858. The Morgan fingerprint density at radius 1 is 1.23 bits per heavy atom. The number of aryl methyl sites for hydroxylation is 1. The van der Waals surface area contributed by atoms with Crippen LogP contribution in [0.15, 0.2) is 61.3 Å². The second-order valence-electron chi connectivity index (χ2n) is 6.31. The molecule has 3 rings (SSSR count). The van der Waals surface area contributed by atoms with Gasteiger partial charge in [-0.25, -0.2) is 14.8 Å². The van der Waals surface area contributed by atoms with Gasteiger partial charge >= 0.3 is 6.03 Å². The number of hydrogen-bond acceptors (Lipinski definition) is 3. The van der Waals surface area contributed by atoms with Gasteiger partial charge in [0.2, 0.25) is 0 Å². The molecule has 1 N–H and O–H groups in total. The number of benzene rings is 1. The lowest BCUT2D eigenvalue weighted by molar-refractivity contribution is 0.194. The molecule has 2 heterocycles. The number of imidazole rings is 1. The first-order valence-corrected chi connectivity index (χ1v) is 8.55. The molecular weight excluding hydrogens is 326 g/mol. The molecule has 0 aliphatic carbocycles. The predicted molar refractivity (Wildman–Crippen MR) is 101 cm³/mol. The summed E-state index contributed by atoms with van der Waals surface area (Å²) in [5.41, 5.74) is 3.24. The zero-order chi connectivity index (χ0) is 18.5. The fourth-order valence-electron chi connectivity index (χ4n) is 2.73. The molecule has 0 bridgehead atoms. The first-order valence-electron chi connectivity index (χ1n) is 8.55. The Balaban J connectivity index is 1.66. The van der Waals surface area contributed by atoms with Crippen LogP contribution in [0.2, 0.25) is 0 Å². The van der Waals surface area contributed by atoms with Gasteiger partial charge in [-0.15, -0.1) is 0 Å². The minimum absolute atomic E-state index is 0.0161. The maximum Gasteiger partial charge on any atom is 0.317 e. The zero-order valence-corrected chi connectivity index (χ0v) is 15.3. The monoisotopic (exact) mass is 349 g/mol. The molecule has 6 heteroatoms. The van der Waals surface area contributed by atoms with E-state index >= 15 is 0 Å². The van der Waals surface area contributed by atoms with E-state index in [1.165, 1.54) is 5.56 Å². The highest BCUT2D eigenvalue weighted by Gasteiger charge is 2.17. The molecule has 134 valence electrons. The second-order valence-corrected chi connectivity index (χ2v) is 6.31. The molecule has 2 amide bonds. The van der Waals surface area contributed by atoms with Crippen LogP contribution in [-0.2, 0) is 6.54 Å². The Morgan fingerprint density at radius 2 is 2.00 bits per heavy atom. The SMILES string of the molecule is Cc1ccc(C(C)N(C)C(=O)NCc2cccnc2-n2ccnc2)cc1.